The molecule has 1 heterocycles. The summed E-state index contributed by atoms with van der Waals surface area (Å²) in [6.45, 7) is 7.79. The van der Waals surface area contributed by atoms with Crippen LogP contribution in [0.4, 0.5) is 0 Å². The van der Waals surface area contributed by atoms with Gasteiger partial charge in [-0.25, -0.2) is 0 Å². The molecule has 1 saturated carbocycles. The van der Waals surface area contributed by atoms with E-state index in [1.807, 2.05) is 27.7 Å². The summed E-state index contributed by atoms with van der Waals surface area (Å²) in [5, 5.41) is 0.684. The van der Waals surface area contributed by atoms with Gasteiger partial charge in [-0.1, -0.05) is 57.0 Å². The van der Waals surface area contributed by atoms with Crippen LogP contribution < -0.4 is 0 Å². The minimum atomic E-state index is -1.69. The topological polar surface area (TPSA) is 60.4 Å². The SMILES string of the molecule is CC1(C)CC(=O)C2(OC3=C(C(=O)CC(C)(C)C3)C2c2ccc(Cl)c(Cl)c2)C(=O)C1. The maximum atomic E-state index is 13.4. The van der Waals surface area contributed by atoms with Crippen LogP contribution in [0.3, 0.4) is 0 Å². The molecule has 2 aliphatic carbocycles. The lowest BCUT2D eigenvalue weighted by molar-refractivity contribution is -0.160. The van der Waals surface area contributed by atoms with Crippen molar-refractivity contribution in [1.82, 2.24) is 0 Å². The third-order valence-electron chi connectivity index (χ3n) is 6.24. The number of carbonyl (C=O) groups excluding carboxylic acids is 3. The summed E-state index contributed by atoms with van der Waals surface area (Å²) in [7, 11) is 0. The highest BCUT2D eigenvalue weighted by atomic mass is 35.5. The summed E-state index contributed by atoms with van der Waals surface area (Å²) >= 11 is 12.3. The van der Waals surface area contributed by atoms with E-state index in [9.17, 15) is 14.4 Å². The number of rotatable bonds is 1. The zero-order valence-electron chi connectivity index (χ0n) is 17.0. The van der Waals surface area contributed by atoms with Gasteiger partial charge >= 0.3 is 0 Å². The summed E-state index contributed by atoms with van der Waals surface area (Å²) in [6.07, 6.45) is 1.29. The lowest BCUT2D eigenvalue weighted by Gasteiger charge is -2.41. The molecule has 0 saturated heterocycles. The standard InChI is InChI=1S/C23H24Cl2O4/c1-21(2)8-15(26)19-16(9-21)29-23(17(27)10-22(3,4)11-18(23)28)20(19)12-5-6-13(24)14(25)7-12/h5-7,20H,8-11H2,1-4H3. The molecule has 1 aromatic rings. The predicted molar refractivity (Wildman–Crippen MR) is 111 cm³/mol. The van der Waals surface area contributed by atoms with Gasteiger partial charge in [-0.05, 0) is 28.5 Å². The van der Waals surface area contributed by atoms with Crippen LogP contribution in [0.1, 0.15) is 64.9 Å². The quantitative estimate of drug-likeness (QED) is 0.551. The van der Waals surface area contributed by atoms with E-state index in [4.69, 9.17) is 27.9 Å². The summed E-state index contributed by atoms with van der Waals surface area (Å²) < 4.78 is 6.24. The minimum absolute atomic E-state index is 0.0744. The molecule has 4 rings (SSSR count). The van der Waals surface area contributed by atoms with Crippen molar-refractivity contribution in [3.63, 3.8) is 0 Å². The molecule has 1 aromatic carbocycles. The van der Waals surface area contributed by atoms with Gasteiger partial charge in [-0.3, -0.25) is 14.4 Å². The molecule has 0 radical (unpaired) electrons. The molecule has 1 aliphatic heterocycles. The molecule has 0 N–H and O–H groups in total. The molecule has 6 heteroatoms. The highest BCUT2D eigenvalue weighted by Crippen LogP contribution is 2.57. The lowest BCUT2D eigenvalue weighted by atomic mass is 9.61. The molecular weight excluding hydrogens is 411 g/mol. The van der Waals surface area contributed by atoms with Gasteiger partial charge in [-0.2, -0.15) is 0 Å². The van der Waals surface area contributed by atoms with Gasteiger partial charge in [0.2, 0.25) is 5.60 Å². The smallest absolute Gasteiger partial charge is 0.234 e. The first-order valence-electron chi connectivity index (χ1n) is 9.83. The van der Waals surface area contributed by atoms with Gasteiger partial charge in [0.15, 0.2) is 17.3 Å². The van der Waals surface area contributed by atoms with Gasteiger partial charge in [0.05, 0.1) is 16.0 Å². The van der Waals surface area contributed by atoms with Gasteiger partial charge in [-0.15, -0.1) is 0 Å². The van der Waals surface area contributed by atoms with Crippen LogP contribution in [0.5, 0.6) is 0 Å². The number of hydrogen-bond donors (Lipinski definition) is 0. The Kier molecular flexibility index (Phi) is 4.57. The fourth-order valence-corrected chi connectivity index (χ4v) is 5.33. The highest BCUT2D eigenvalue weighted by Gasteiger charge is 2.65. The van der Waals surface area contributed by atoms with Gasteiger partial charge < -0.3 is 4.74 Å². The fraction of sp³-hybridized carbons (Fsp3) is 0.522. The van der Waals surface area contributed by atoms with Crippen molar-refractivity contribution in [2.24, 2.45) is 10.8 Å². The first kappa shape index (κ1) is 20.6. The van der Waals surface area contributed by atoms with E-state index in [2.05, 4.69) is 0 Å². The zero-order chi connectivity index (χ0) is 21.4. The van der Waals surface area contributed by atoms with Gasteiger partial charge in [0, 0.05) is 31.3 Å². The molecule has 0 aromatic heterocycles. The third kappa shape index (κ3) is 3.16. The molecule has 1 atom stereocenters. The Morgan fingerprint density at radius 2 is 1.45 bits per heavy atom. The maximum Gasteiger partial charge on any atom is 0.234 e. The molecule has 29 heavy (non-hydrogen) atoms. The van der Waals surface area contributed by atoms with Crippen molar-refractivity contribution in [3.8, 4) is 0 Å². The first-order valence-corrected chi connectivity index (χ1v) is 10.6. The van der Waals surface area contributed by atoms with Crippen molar-refractivity contribution in [2.75, 3.05) is 0 Å². The van der Waals surface area contributed by atoms with Crippen LogP contribution in [-0.2, 0) is 19.1 Å². The number of hydrogen-bond acceptors (Lipinski definition) is 4. The molecule has 154 valence electrons. The van der Waals surface area contributed by atoms with E-state index in [1.54, 1.807) is 18.2 Å². The predicted octanol–water partition coefficient (Wildman–Crippen LogP) is 5.45. The molecule has 0 amide bonds. The van der Waals surface area contributed by atoms with Crippen LogP contribution in [-0.4, -0.2) is 23.0 Å². The van der Waals surface area contributed by atoms with Crippen LogP contribution in [0, 0.1) is 10.8 Å². The molecule has 1 fully saturated rings. The van der Waals surface area contributed by atoms with Crippen molar-refractivity contribution in [3.05, 3.63) is 45.1 Å². The van der Waals surface area contributed by atoms with Crippen LogP contribution in [0.2, 0.25) is 10.0 Å². The minimum Gasteiger partial charge on any atom is -0.474 e. The number of Topliss-reactive ketones (excluding diaryl/α,β-unsaturated/α-hetero) is 3. The van der Waals surface area contributed by atoms with Gasteiger partial charge in [0.1, 0.15) is 5.76 Å². The van der Waals surface area contributed by atoms with E-state index in [0.717, 1.165) is 0 Å². The molecule has 1 unspecified atom stereocenters. The molecule has 1 spiro atoms. The Morgan fingerprint density at radius 1 is 0.862 bits per heavy atom. The monoisotopic (exact) mass is 434 g/mol. The summed E-state index contributed by atoms with van der Waals surface area (Å²) in [5.41, 5.74) is -1.35. The van der Waals surface area contributed by atoms with Crippen LogP contribution in [0.15, 0.2) is 29.5 Å². The Morgan fingerprint density at radius 3 is 2.03 bits per heavy atom. The second kappa shape index (κ2) is 6.42. The van der Waals surface area contributed by atoms with Crippen LogP contribution >= 0.6 is 23.2 Å². The zero-order valence-corrected chi connectivity index (χ0v) is 18.5. The molecule has 3 aliphatic rings. The molecule has 0 bridgehead atoms. The third-order valence-corrected chi connectivity index (χ3v) is 6.98. The van der Waals surface area contributed by atoms with Crippen molar-refractivity contribution >= 4 is 40.6 Å². The molecule has 4 nitrogen and oxygen atoms in total. The number of carbonyl (C=O) groups is 3. The Balaban J connectivity index is 1.93. The summed E-state index contributed by atoms with van der Waals surface area (Å²) in [5.74, 6) is -0.921. The average Bonchev–Trinajstić information content (AvgIpc) is 2.90. The number of halogens is 2. The van der Waals surface area contributed by atoms with E-state index in [0.29, 0.717) is 39.8 Å². The Hall–Kier alpha value is -1.65. The Bertz CT molecular complexity index is 967. The maximum absolute atomic E-state index is 13.4. The van der Waals surface area contributed by atoms with Crippen molar-refractivity contribution in [2.45, 2.75) is 64.9 Å². The summed E-state index contributed by atoms with van der Waals surface area (Å²) in [6, 6.07) is 5.00. The van der Waals surface area contributed by atoms with E-state index >= 15 is 0 Å². The highest BCUT2D eigenvalue weighted by molar-refractivity contribution is 6.42. The number of allylic oxidation sites excluding steroid dienone is 1. The van der Waals surface area contributed by atoms with Crippen molar-refractivity contribution < 1.29 is 19.1 Å². The van der Waals surface area contributed by atoms with E-state index in [1.165, 1.54) is 0 Å². The second-order valence-electron chi connectivity index (χ2n) is 10.1. The normalized spacial score (nSPS) is 27.2. The van der Waals surface area contributed by atoms with E-state index in [-0.39, 0.29) is 35.6 Å². The first-order chi connectivity index (χ1) is 13.4. The number of ether oxygens (including phenoxy) is 1. The fourth-order valence-electron chi connectivity index (χ4n) is 5.03. The summed E-state index contributed by atoms with van der Waals surface area (Å²) in [4.78, 5) is 40.1. The van der Waals surface area contributed by atoms with Crippen LogP contribution in [0.25, 0.3) is 0 Å². The van der Waals surface area contributed by atoms with Gasteiger partial charge in [0.25, 0.3) is 0 Å². The number of ketones is 3. The Labute approximate surface area is 180 Å². The second-order valence-corrected chi connectivity index (χ2v) is 10.9. The number of benzene rings is 1. The largest absolute Gasteiger partial charge is 0.474 e. The lowest BCUT2D eigenvalue weighted by Crippen LogP contribution is -2.57. The molecular formula is C23H24Cl2O4. The van der Waals surface area contributed by atoms with E-state index < -0.39 is 16.9 Å². The average molecular weight is 435 g/mol. The van der Waals surface area contributed by atoms with Crippen molar-refractivity contribution in [1.29, 1.82) is 0 Å².